The number of benzene rings is 1. The number of nitrogens with one attached hydrogen (secondary N) is 1. The second kappa shape index (κ2) is 5.57. The Morgan fingerprint density at radius 1 is 0.913 bits per heavy atom. The average molecular weight is 307 g/mol. The van der Waals surface area contributed by atoms with E-state index in [1.54, 1.807) is 6.33 Å². The zero-order valence-electron chi connectivity index (χ0n) is 13.6. The first-order valence-corrected chi connectivity index (χ1v) is 8.07. The summed E-state index contributed by atoms with van der Waals surface area (Å²) in [6, 6.07) is 10.8. The van der Waals surface area contributed by atoms with Crippen molar-refractivity contribution >= 4 is 22.5 Å². The number of rotatable bonds is 2. The van der Waals surface area contributed by atoms with Gasteiger partial charge < -0.3 is 14.8 Å². The molecule has 0 amide bonds. The van der Waals surface area contributed by atoms with Crippen molar-refractivity contribution in [1.82, 2.24) is 15.0 Å². The minimum Gasteiger partial charge on any atom is -0.368 e. The lowest BCUT2D eigenvalue weighted by atomic mass is 10.2. The van der Waals surface area contributed by atoms with Crippen molar-refractivity contribution in [3.8, 4) is 0 Å². The second-order valence-electron chi connectivity index (χ2n) is 6.22. The predicted octanol–water partition coefficient (Wildman–Crippen LogP) is 2.90. The van der Waals surface area contributed by atoms with Gasteiger partial charge in [-0.05, 0) is 32.0 Å². The number of H-pyrrole nitrogens is 1. The summed E-state index contributed by atoms with van der Waals surface area (Å²) in [5.74, 6) is 1.02. The Morgan fingerprint density at radius 2 is 1.61 bits per heavy atom. The molecule has 1 saturated heterocycles. The highest BCUT2D eigenvalue weighted by atomic mass is 15.3. The lowest BCUT2D eigenvalue weighted by Crippen LogP contribution is -2.46. The summed E-state index contributed by atoms with van der Waals surface area (Å²) in [6.45, 7) is 8.14. The summed E-state index contributed by atoms with van der Waals surface area (Å²) in [5, 5.41) is 0. The van der Waals surface area contributed by atoms with Gasteiger partial charge in [-0.2, -0.15) is 0 Å². The summed E-state index contributed by atoms with van der Waals surface area (Å²) >= 11 is 0. The van der Waals surface area contributed by atoms with Gasteiger partial charge in [0, 0.05) is 37.6 Å². The Labute approximate surface area is 136 Å². The van der Waals surface area contributed by atoms with Crippen LogP contribution in [0.15, 0.2) is 36.7 Å². The second-order valence-corrected chi connectivity index (χ2v) is 6.22. The molecule has 0 spiro atoms. The van der Waals surface area contributed by atoms with E-state index in [1.807, 2.05) is 0 Å². The molecule has 118 valence electrons. The maximum absolute atomic E-state index is 4.52. The van der Waals surface area contributed by atoms with Crippen molar-refractivity contribution in [3.63, 3.8) is 0 Å². The molecule has 1 aliphatic rings. The first kappa shape index (κ1) is 14.1. The Balaban J connectivity index is 1.53. The number of aryl methyl sites for hydroxylation is 2. The number of aromatic nitrogens is 3. The first-order chi connectivity index (χ1) is 11.2. The largest absolute Gasteiger partial charge is 0.368 e. The van der Waals surface area contributed by atoms with Gasteiger partial charge >= 0.3 is 0 Å². The van der Waals surface area contributed by atoms with Crippen LogP contribution in [0, 0.1) is 13.8 Å². The number of fused-ring (bicyclic) bond motifs is 1. The van der Waals surface area contributed by atoms with Gasteiger partial charge in [0.1, 0.15) is 11.8 Å². The molecule has 0 atom stereocenters. The van der Waals surface area contributed by atoms with Gasteiger partial charge in [0.15, 0.2) is 5.82 Å². The molecule has 0 radical (unpaired) electrons. The van der Waals surface area contributed by atoms with Crippen LogP contribution in [0.3, 0.4) is 0 Å². The lowest BCUT2D eigenvalue weighted by Gasteiger charge is -2.36. The van der Waals surface area contributed by atoms with Gasteiger partial charge in [-0.25, -0.2) is 9.97 Å². The summed E-state index contributed by atoms with van der Waals surface area (Å²) in [5.41, 5.74) is 5.78. The molecule has 1 fully saturated rings. The zero-order valence-corrected chi connectivity index (χ0v) is 13.6. The molecule has 0 saturated carbocycles. The molecule has 5 nitrogen and oxygen atoms in total. The van der Waals surface area contributed by atoms with E-state index in [-0.39, 0.29) is 0 Å². The quantitative estimate of drug-likeness (QED) is 0.791. The molecule has 0 bridgehead atoms. The molecular formula is C18H21N5. The van der Waals surface area contributed by atoms with Gasteiger partial charge in [-0.15, -0.1) is 0 Å². The predicted molar refractivity (Wildman–Crippen MR) is 94.2 cm³/mol. The number of aromatic amines is 1. The van der Waals surface area contributed by atoms with E-state index < -0.39 is 0 Å². The summed E-state index contributed by atoms with van der Waals surface area (Å²) in [7, 11) is 0. The van der Waals surface area contributed by atoms with E-state index >= 15 is 0 Å². The smallest absolute Gasteiger partial charge is 0.156 e. The third-order valence-electron chi connectivity index (χ3n) is 4.51. The van der Waals surface area contributed by atoms with Crippen LogP contribution in [-0.2, 0) is 0 Å². The fourth-order valence-electron chi connectivity index (χ4n) is 3.23. The van der Waals surface area contributed by atoms with Crippen molar-refractivity contribution in [2.75, 3.05) is 36.0 Å². The minimum atomic E-state index is 0.970. The van der Waals surface area contributed by atoms with Crippen molar-refractivity contribution < 1.29 is 0 Å². The molecule has 5 heteroatoms. The summed E-state index contributed by atoms with van der Waals surface area (Å²) < 4.78 is 0. The van der Waals surface area contributed by atoms with Gasteiger partial charge in [-0.1, -0.05) is 17.7 Å². The van der Waals surface area contributed by atoms with E-state index in [0.717, 1.165) is 48.7 Å². The molecule has 23 heavy (non-hydrogen) atoms. The van der Waals surface area contributed by atoms with Crippen LogP contribution in [0.1, 0.15) is 11.3 Å². The molecule has 1 aliphatic heterocycles. The number of nitrogens with zero attached hydrogens (tertiary/aromatic N) is 4. The number of piperazine rings is 1. The van der Waals surface area contributed by atoms with Crippen LogP contribution in [-0.4, -0.2) is 41.1 Å². The molecule has 1 aromatic carbocycles. The molecule has 4 rings (SSSR count). The highest BCUT2D eigenvalue weighted by molar-refractivity contribution is 5.86. The maximum atomic E-state index is 4.52. The lowest BCUT2D eigenvalue weighted by molar-refractivity contribution is 0.648. The van der Waals surface area contributed by atoms with Crippen LogP contribution in [0.4, 0.5) is 11.5 Å². The molecule has 3 aromatic rings. The van der Waals surface area contributed by atoms with Crippen LogP contribution < -0.4 is 9.80 Å². The first-order valence-electron chi connectivity index (χ1n) is 8.07. The SMILES string of the molecule is Cc1ccc(N2CCN(c3ncnc4cc(C)[nH]c34)CC2)cc1. The number of hydrogen-bond acceptors (Lipinski definition) is 4. The molecule has 3 heterocycles. The van der Waals surface area contributed by atoms with Gasteiger partial charge in [0.25, 0.3) is 0 Å². The third-order valence-corrected chi connectivity index (χ3v) is 4.51. The van der Waals surface area contributed by atoms with Crippen molar-refractivity contribution in [3.05, 3.63) is 47.9 Å². The van der Waals surface area contributed by atoms with Crippen LogP contribution in [0.5, 0.6) is 0 Å². The summed E-state index contributed by atoms with van der Waals surface area (Å²) in [4.78, 5) is 17.1. The van der Waals surface area contributed by atoms with Gasteiger partial charge in [0.2, 0.25) is 0 Å². The van der Waals surface area contributed by atoms with E-state index in [0.29, 0.717) is 0 Å². The van der Waals surface area contributed by atoms with Crippen molar-refractivity contribution in [2.24, 2.45) is 0 Å². The fraction of sp³-hybridized carbons (Fsp3) is 0.333. The molecule has 0 unspecified atom stereocenters. The van der Waals surface area contributed by atoms with Gasteiger partial charge in [0.05, 0.1) is 5.52 Å². The third kappa shape index (κ3) is 2.63. The molecular weight excluding hydrogens is 286 g/mol. The van der Waals surface area contributed by atoms with E-state index in [2.05, 4.69) is 68.9 Å². The highest BCUT2D eigenvalue weighted by Crippen LogP contribution is 2.25. The fourth-order valence-corrected chi connectivity index (χ4v) is 3.23. The zero-order chi connectivity index (χ0) is 15.8. The standard InChI is InChI=1S/C18H21N5/c1-13-3-5-15(6-4-13)22-7-9-23(10-8-22)18-17-16(19-12-20-18)11-14(2)21-17/h3-6,11-12,21H,7-10H2,1-2H3. The van der Waals surface area contributed by atoms with Crippen LogP contribution in [0.2, 0.25) is 0 Å². The highest BCUT2D eigenvalue weighted by Gasteiger charge is 2.20. The maximum Gasteiger partial charge on any atom is 0.156 e. The number of hydrogen-bond donors (Lipinski definition) is 1. The number of anilines is 2. The Bertz CT molecular complexity index is 813. The topological polar surface area (TPSA) is 48.1 Å². The average Bonchev–Trinajstić information content (AvgIpc) is 2.96. The van der Waals surface area contributed by atoms with Crippen LogP contribution in [0.25, 0.3) is 11.0 Å². The molecule has 0 aliphatic carbocycles. The molecule has 2 aromatic heterocycles. The van der Waals surface area contributed by atoms with E-state index in [9.17, 15) is 0 Å². The van der Waals surface area contributed by atoms with Crippen molar-refractivity contribution in [2.45, 2.75) is 13.8 Å². The Morgan fingerprint density at radius 3 is 2.35 bits per heavy atom. The van der Waals surface area contributed by atoms with Gasteiger partial charge in [-0.3, -0.25) is 0 Å². The normalized spacial score (nSPS) is 15.4. The van der Waals surface area contributed by atoms with E-state index in [4.69, 9.17) is 0 Å². The molecule has 1 N–H and O–H groups in total. The summed E-state index contributed by atoms with van der Waals surface area (Å²) in [6.07, 6.45) is 1.66. The Kier molecular flexibility index (Phi) is 3.41. The minimum absolute atomic E-state index is 0.970. The van der Waals surface area contributed by atoms with Crippen molar-refractivity contribution in [1.29, 1.82) is 0 Å². The Hall–Kier alpha value is -2.56. The van der Waals surface area contributed by atoms with Crippen LogP contribution >= 0.6 is 0 Å². The monoisotopic (exact) mass is 307 g/mol. The van der Waals surface area contributed by atoms with E-state index in [1.165, 1.54) is 11.3 Å².